The molecule has 0 fully saturated rings. The lowest BCUT2D eigenvalue weighted by molar-refractivity contribution is -0.155. The predicted molar refractivity (Wildman–Crippen MR) is 356 cm³/mol. The predicted octanol–water partition coefficient (Wildman–Crippen LogP) is 1.97. The molecule has 0 rings (SSSR count). The van der Waals surface area contributed by atoms with Gasteiger partial charge < -0.3 is 76.6 Å². The van der Waals surface area contributed by atoms with Crippen molar-refractivity contribution in [3.05, 3.63) is 12.2 Å². The monoisotopic (exact) mass is 1320 g/mol. The van der Waals surface area contributed by atoms with Crippen LogP contribution in [0.5, 0.6) is 0 Å². The Labute approximate surface area is 554 Å². The van der Waals surface area contributed by atoms with Crippen molar-refractivity contribution in [3.63, 3.8) is 0 Å². The number of carbonyl (C=O) groups excluding carboxylic acids is 11. The van der Waals surface area contributed by atoms with Gasteiger partial charge in [-0.15, -0.1) is 0 Å². The fraction of sp³-hybridized carbons (Fsp3) is 0.788. The highest BCUT2D eigenvalue weighted by Crippen LogP contribution is 2.24. The minimum Gasteiger partial charge on any atom is -0.480 e. The fourth-order valence-corrected chi connectivity index (χ4v) is 10.9. The van der Waals surface area contributed by atoms with Crippen LogP contribution in [0.2, 0.25) is 0 Å². The van der Waals surface area contributed by atoms with Gasteiger partial charge in [-0.1, -0.05) is 109 Å². The molecule has 9 N–H and O–H groups in total. The van der Waals surface area contributed by atoms with Gasteiger partial charge in [0.05, 0.1) is 18.8 Å². The quantitative estimate of drug-likeness (QED) is 0.0395. The first-order chi connectivity index (χ1) is 42.9. The zero-order chi connectivity index (χ0) is 72.4. The molecule has 0 aliphatic carbocycles. The number of nitrogens with zero attached hydrogens (tertiary/aromatic N) is 6. The van der Waals surface area contributed by atoms with Gasteiger partial charge >= 0.3 is 5.97 Å². The third-order valence-corrected chi connectivity index (χ3v) is 16.3. The van der Waals surface area contributed by atoms with Crippen LogP contribution in [-0.4, -0.2) is 250 Å². The van der Waals surface area contributed by atoms with E-state index in [4.69, 9.17) is 0 Å². The van der Waals surface area contributed by atoms with Crippen molar-refractivity contribution in [2.24, 2.45) is 41.4 Å². The number of allylic oxidation sites excluding steroid dienone is 2. The molecule has 0 heterocycles. The van der Waals surface area contributed by atoms with Crippen molar-refractivity contribution in [2.45, 2.75) is 236 Å². The van der Waals surface area contributed by atoms with Gasteiger partial charge in [-0.3, -0.25) is 57.5 Å². The number of carboxylic acids is 1. The van der Waals surface area contributed by atoms with Crippen molar-refractivity contribution in [1.29, 1.82) is 0 Å². The lowest BCUT2D eigenvalue weighted by atomic mass is 9.91. The van der Waals surface area contributed by atoms with Gasteiger partial charge in [0, 0.05) is 42.3 Å². The highest BCUT2D eigenvalue weighted by Gasteiger charge is 2.45. The summed E-state index contributed by atoms with van der Waals surface area (Å²) in [6.07, 6.45) is 1.51. The topological polar surface area (TPSA) is 357 Å². The third kappa shape index (κ3) is 28.0. The Morgan fingerprint density at radius 1 is 0.441 bits per heavy atom. The Hall–Kier alpha value is -6.74. The smallest absolute Gasteiger partial charge is 0.323 e. The molecule has 27 heteroatoms. The first-order valence-corrected chi connectivity index (χ1v) is 32.9. The molecule has 0 aromatic rings. The van der Waals surface area contributed by atoms with Crippen molar-refractivity contribution < 1.29 is 72.9 Å². The number of aliphatic hydroxyl groups excluding tert-OH is 2. The van der Waals surface area contributed by atoms with Crippen molar-refractivity contribution in [2.75, 3.05) is 61.9 Å². The molecule has 0 unspecified atom stereocenters. The van der Waals surface area contributed by atoms with Crippen LogP contribution in [0.25, 0.3) is 0 Å². The van der Waals surface area contributed by atoms with E-state index in [9.17, 15) is 72.9 Å². The summed E-state index contributed by atoms with van der Waals surface area (Å²) in [5.41, 5.74) is 0. The van der Waals surface area contributed by atoms with Gasteiger partial charge in [-0.05, 0) is 114 Å². The number of hydrogen-bond donors (Lipinski definition) is 9. The summed E-state index contributed by atoms with van der Waals surface area (Å²) in [7, 11) is 8.19. The molecule has 534 valence electrons. The van der Waals surface area contributed by atoms with Crippen molar-refractivity contribution in [1.82, 2.24) is 61.3 Å². The second-order valence-electron chi connectivity index (χ2n) is 27.6. The summed E-state index contributed by atoms with van der Waals surface area (Å²) in [6.45, 7) is 31.1. The molecule has 27 nitrogen and oxygen atoms in total. The maximum absolute atomic E-state index is 14.9. The van der Waals surface area contributed by atoms with Crippen molar-refractivity contribution in [3.8, 4) is 0 Å². The summed E-state index contributed by atoms with van der Waals surface area (Å²) in [5, 5.41) is 48.3. The molecule has 0 saturated heterocycles. The van der Waals surface area contributed by atoms with E-state index in [0.717, 1.165) is 14.7 Å². The maximum atomic E-state index is 14.9. The molecule has 0 aliphatic rings. The van der Waals surface area contributed by atoms with Crippen LogP contribution >= 0.6 is 0 Å². The van der Waals surface area contributed by atoms with Crippen LogP contribution in [0, 0.1) is 41.4 Å². The summed E-state index contributed by atoms with van der Waals surface area (Å²) < 4.78 is 0. The molecule has 13 atom stereocenters. The van der Waals surface area contributed by atoms with E-state index in [1.165, 1.54) is 70.7 Å². The van der Waals surface area contributed by atoms with Crippen LogP contribution in [0.1, 0.15) is 163 Å². The van der Waals surface area contributed by atoms with Gasteiger partial charge in [0.15, 0.2) is 0 Å². The number of carbonyl (C=O) groups is 12. The number of amides is 11. The normalized spacial score (nSPS) is 16.0. The largest absolute Gasteiger partial charge is 0.480 e. The number of carboxylic acid groups (broad SMARTS) is 1. The zero-order valence-electron chi connectivity index (χ0n) is 60.4. The highest BCUT2D eigenvalue weighted by atomic mass is 16.4. The second-order valence-corrected chi connectivity index (χ2v) is 27.6. The van der Waals surface area contributed by atoms with Crippen LogP contribution in [0.3, 0.4) is 0 Å². The minimum atomic E-state index is -1.72. The van der Waals surface area contributed by atoms with Gasteiger partial charge in [-0.25, -0.2) is 0 Å². The second kappa shape index (κ2) is 41.2. The molecular formula is C66H120N12O15. The van der Waals surface area contributed by atoms with E-state index >= 15 is 0 Å². The number of rotatable bonds is 41. The Morgan fingerprint density at radius 3 is 1.24 bits per heavy atom. The first kappa shape index (κ1) is 86.3. The number of aliphatic carboxylic acids is 1. The van der Waals surface area contributed by atoms with Crippen LogP contribution in [-0.2, 0) is 57.5 Å². The molecule has 11 amide bonds. The van der Waals surface area contributed by atoms with Gasteiger partial charge in [-0.2, -0.15) is 0 Å². The van der Waals surface area contributed by atoms with Crippen LogP contribution in [0.15, 0.2) is 12.2 Å². The minimum absolute atomic E-state index is 0.0236. The van der Waals surface area contributed by atoms with E-state index in [-0.39, 0.29) is 74.1 Å². The maximum Gasteiger partial charge on any atom is 0.323 e. The average Bonchev–Trinajstić information content (AvgIpc) is 0.832. The molecule has 0 aliphatic heterocycles. The van der Waals surface area contributed by atoms with Gasteiger partial charge in [0.1, 0.15) is 67.0 Å². The summed E-state index contributed by atoms with van der Waals surface area (Å²) in [4.78, 5) is 174. The molecule has 0 aromatic heterocycles. The molecule has 0 saturated carbocycles. The number of likely N-dealkylation sites (N-methyl/N-ethyl adjacent to an activating group) is 7. The highest BCUT2D eigenvalue weighted by molar-refractivity contribution is 5.99. The number of nitrogens with one attached hydrogen (secondary N) is 6. The van der Waals surface area contributed by atoms with E-state index in [2.05, 4.69) is 31.9 Å². The van der Waals surface area contributed by atoms with Gasteiger partial charge in [0.2, 0.25) is 65.0 Å². The van der Waals surface area contributed by atoms with Crippen LogP contribution in [0.4, 0.5) is 0 Å². The summed E-state index contributed by atoms with van der Waals surface area (Å²) in [5.74, 6) is -10.9. The standard InChI is InChI=1S/C66H120N12O15/c1-25-27-28-42(15)56(83)55(61(88)72-53(45(18)79)65(92)73(19)35-52(81)82)78(24)66(93)54(41(13)14)77(23)64(91)47(30-37(5)6)71-60(87)50(33-40(11)12)75(21)62(89)44(17)69-57(84)43(16)68-58(85)49(32-39(9)10)76(22)63(90)46(29-36(3)4)70-59(86)48(31-38(7)8)74(20)51(80)34-67-26-2/h25,27,36-50,53-56,67,79,83H,26,28-35H2,1-24H3,(H,68,85)(H,69,84)(H,70,86)(H,71,87)(H,72,88)(H,81,82)/t42-,43+,44-,45-,46+,47+,48+,49+,50+,53+,54+,55+,56-/m1/s1. The van der Waals surface area contributed by atoms with E-state index in [0.29, 0.717) is 13.0 Å². The molecule has 0 aromatic carbocycles. The molecular weight excluding hydrogens is 1200 g/mol. The molecule has 93 heavy (non-hydrogen) atoms. The van der Waals surface area contributed by atoms with Crippen LogP contribution < -0.4 is 31.9 Å². The van der Waals surface area contributed by atoms with E-state index in [1.807, 2.05) is 76.2 Å². The number of aliphatic hydroxyl groups is 2. The molecule has 0 bridgehead atoms. The Kier molecular flexibility index (Phi) is 38.2. The lowest BCUT2D eigenvalue weighted by Gasteiger charge is -2.40. The zero-order valence-corrected chi connectivity index (χ0v) is 60.4. The number of hydrogen-bond acceptors (Lipinski definition) is 15. The SMILES string of the molecule is CC=CC[C@@H](C)[C@@H](O)[C@@H](C(=O)N[C@H](C(=O)N(C)CC(=O)O)[C@@H](C)O)N(C)C(=O)[C@H](C(C)C)N(C)C(=O)[C@H](CC(C)C)NC(=O)[C@H](CC(C)C)N(C)C(=O)[C@@H](C)NC(=O)[C@H](C)NC(=O)[C@H](CC(C)C)N(C)C(=O)[C@H](CC(C)C)NC(=O)[C@H](CC(C)C)N(C)C(=O)CNCC. The molecule has 0 spiro atoms. The third-order valence-electron chi connectivity index (χ3n) is 16.3. The average molecular weight is 1320 g/mol. The lowest BCUT2D eigenvalue weighted by Crippen LogP contribution is -2.64. The Balaban J connectivity index is 6.96. The summed E-state index contributed by atoms with van der Waals surface area (Å²) >= 11 is 0. The van der Waals surface area contributed by atoms with E-state index in [1.54, 1.807) is 46.9 Å². The van der Waals surface area contributed by atoms with E-state index < -0.39 is 156 Å². The summed E-state index contributed by atoms with van der Waals surface area (Å²) in [6, 6.07) is -12.8. The Bertz CT molecular complexity index is 2510. The van der Waals surface area contributed by atoms with Gasteiger partial charge in [0.25, 0.3) is 0 Å². The fourth-order valence-electron chi connectivity index (χ4n) is 10.9. The molecule has 0 radical (unpaired) electrons. The Morgan fingerprint density at radius 2 is 0.839 bits per heavy atom. The van der Waals surface area contributed by atoms with Crippen molar-refractivity contribution >= 4 is 70.9 Å². The first-order valence-electron chi connectivity index (χ1n) is 32.9.